The Morgan fingerprint density at radius 3 is 2.40 bits per heavy atom. The molecule has 12 heteroatoms. The molecule has 0 unspecified atom stereocenters. The number of nitrogens with zero attached hydrogens (tertiary/aromatic N) is 5. The van der Waals surface area contributed by atoms with Crippen molar-refractivity contribution < 1.29 is 18.0 Å². The van der Waals surface area contributed by atoms with Gasteiger partial charge in [-0.2, -0.15) is 0 Å². The lowest BCUT2D eigenvalue weighted by atomic mass is 10.0. The molecule has 2 aromatic heterocycles. The molecular weight excluding hydrogens is 483 g/mol. The van der Waals surface area contributed by atoms with E-state index in [1.165, 1.54) is 29.6 Å². The molecule has 8 nitrogen and oxygen atoms in total. The van der Waals surface area contributed by atoms with Crippen LogP contribution in [0.4, 0.5) is 30.6 Å². The van der Waals surface area contributed by atoms with Crippen molar-refractivity contribution >= 4 is 35.8 Å². The Balaban J connectivity index is 0.00000289. The molecule has 1 aromatic carbocycles. The number of rotatable bonds is 5. The maximum atomic E-state index is 14.6. The number of hydrogen-bond acceptors (Lipinski definition) is 7. The quantitative estimate of drug-likeness (QED) is 0.548. The number of carbonyl (C=O) groups excluding carboxylic acids is 1. The minimum atomic E-state index is -2.87. The second-order valence-corrected chi connectivity index (χ2v) is 8.46. The lowest BCUT2D eigenvalue weighted by Gasteiger charge is -2.36. The van der Waals surface area contributed by atoms with Crippen LogP contribution in [0.2, 0.25) is 0 Å². The fraction of sp³-hybridized carbons (Fsp3) is 0.304. The van der Waals surface area contributed by atoms with Gasteiger partial charge in [0.15, 0.2) is 5.82 Å². The number of anilines is 3. The molecule has 2 aliphatic heterocycles. The lowest BCUT2D eigenvalue weighted by molar-refractivity contribution is 0.0257. The van der Waals surface area contributed by atoms with Gasteiger partial charge in [-0.25, -0.2) is 28.1 Å². The van der Waals surface area contributed by atoms with E-state index in [0.29, 0.717) is 24.6 Å². The summed E-state index contributed by atoms with van der Waals surface area (Å²) in [6.45, 7) is 0.785. The van der Waals surface area contributed by atoms with Gasteiger partial charge in [0.2, 0.25) is 5.95 Å². The van der Waals surface area contributed by atoms with Crippen LogP contribution in [0.1, 0.15) is 16.8 Å². The fourth-order valence-electron chi connectivity index (χ4n) is 4.10. The number of carbonyl (C=O) groups is 1. The third kappa shape index (κ3) is 5.01. The summed E-state index contributed by atoms with van der Waals surface area (Å²) in [6, 6.07) is 7.66. The molecule has 0 radical (unpaired) electrons. The highest BCUT2D eigenvalue weighted by Gasteiger charge is 2.40. The number of alkyl halides is 2. The molecule has 5 rings (SSSR count). The summed E-state index contributed by atoms with van der Waals surface area (Å²) in [5, 5.41) is 2.74. The minimum Gasteiger partial charge on any atom is -0.349 e. The number of aromatic nitrogens is 3. The predicted octanol–water partition coefficient (Wildman–Crippen LogP) is 3.34. The van der Waals surface area contributed by atoms with Crippen LogP contribution >= 0.6 is 12.4 Å². The van der Waals surface area contributed by atoms with Gasteiger partial charge in [0.05, 0.1) is 17.8 Å². The van der Waals surface area contributed by atoms with Crippen molar-refractivity contribution in [1.82, 2.24) is 15.0 Å². The maximum Gasteiger partial charge on any atom is 0.266 e. The molecule has 0 spiro atoms. The topological polar surface area (TPSA) is 100 Å². The standard InChI is InChI=1S/C23H22F3N7O.ClH/c24-18-4-2-1-3-16(18)17-5-7-28-20(32-8-6-23(25,26)13-32)19(17)31-21(34)14-9-29-22(30-10-14)33-11-15(27)12-33;/h1-5,7,9-10,15H,6,8,11-13,27H2,(H,31,34);1H. The minimum absolute atomic E-state index is 0. The molecule has 35 heavy (non-hydrogen) atoms. The van der Waals surface area contributed by atoms with E-state index < -0.39 is 24.2 Å². The predicted molar refractivity (Wildman–Crippen MR) is 129 cm³/mol. The van der Waals surface area contributed by atoms with Crippen LogP contribution in [0, 0.1) is 5.82 Å². The number of nitrogens with two attached hydrogens (primary N) is 1. The summed E-state index contributed by atoms with van der Waals surface area (Å²) in [4.78, 5) is 29.1. The molecule has 2 aliphatic rings. The highest BCUT2D eigenvalue weighted by molar-refractivity contribution is 6.08. The van der Waals surface area contributed by atoms with Gasteiger partial charge in [0, 0.05) is 61.8 Å². The van der Waals surface area contributed by atoms with Gasteiger partial charge < -0.3 is 20.9 Å². The number of nitrogens with one attached hydrogen (secondary N) is 1. The Kier molecular flexibility index (Phi) is 6.82. The third-order valence-electron chi connectivity index (χ3n) is 5.90. The Labute approximate surface area is 205 Å². The van der Waals surface area contributed by atoms with E-state index in [-0.39, 0.29) is 54.0 Å². The van der Waals surface area contributed by atoms with E-state index in [1.54, 1.807) is 24.3 Å². The fourth-order valence-corrected chi connectivity index (χ4v) is 4.10. The smallest absolute Gasteiger partial charge is 0.266 e. The zero-order valence-corrected chi connectivity index (χ0v) is 19.3. The molecule has 4 heterocycles. The van der Waals surface area contributed by atoms with Crippen molar-refractivity contribution in [1.29, 1.82) is 0 Å². The molecule has 3 N–H and O–H groups in total. The van der Waals surface area contributed by atoms with Crippen molar-refractivity contribution in [2.75, 3.05) is 41.3 Å². The molecular formula is C23H23ClF3N7O. The summed E-state index contributed by atoms with van der Waals surface area (Å²) in [7, 11) is 0. The van der Waals surface area contributed by atoms with Crippen LogP contribution in [-0.4, -0.2) is 59.0 Å². The van der Waals surface area contributed by atoms with Gasteiger partial charge in [-0.15, -0.1) is 12.4 Å². The van der Waals surface area contributed by atoms with E-state index in [2.05, 4.69) is 20.3 Å². The van der Waals surface area contributed by atoms with Crippen molar-refractivity contribution in [3.8, 4) is 11.1 Å². The monoisotopic (exact) mass is 505 g/mol. The van der Waals surface area contributed by atoms with Crippen LogP contribution in [0.3, 0.4) is 0 Å². The number of amides is 1. The van der Waals surface area contributed by atoms with Gasteiger partial charge in [0.25, 0.3) is 11.8 Å². The second-order valence-electron chi connectivity index (χ2n) is 8.46. The number of hydrogen-bond donors (Lipinski definition) is 2. The highest BCUT2D eigenvalue weighted by atomic mass is 35.5. The number of halogens is 4. The van der Waals surface area contributed by atoms with Crippen molar-refractivity contribution in [3.63, 3.8) is 0 Å². The average Bonchev–Trinajstić information content (AvgIpc) is 3.17. The Morgan fingerprint density at radius 1 is 1.06 bits per heavy atom. The third-order valence-corrected chi connectivity index (χ3v) is 5.90. The Hall–Kier alpha value is -3.44. The van der Waals surface area contributed by atoms with E-state index >= 15 is 0 Å². The van der Waals surface area contributed by atoms with Crippen molar-refractivity contribution in [3.05, 3.63) is 60.3 Å². The first-order valence-corrected chi connectivity index (χ1v) is 10.8. The Morgan fingerprint density at radius 2 is 1.77 bits per heavy atom. The summed E-state index contributed by atoms with van der Waals surface area (Å²) >= 11 is 0. The summed E-state index contributed by atoms with van der Waals surface area (Å²) < 4.78 is 42.5. The molecule has 3 aromatic rings. The van der Waals surface area contributed by atoms with Crippen LogP contribution in [0.15, 0.2) is 48.9 Å². The maximum absolute atomic E-state index is 14.6. The first-order valence-electron chi connectivity index (χ1n) is 10.8. The van der Waals surface area contributed by atoms with E-state index in [1.807, 2.05) is 4.90 Å². The van der Waals surface area contributed by atoms with Crippen molar-refractivity contribution in [2.45, 2.75) is 18.4 Å². The summed E-state index contributed by atoms with van der Waals surface area (Å²) in [5.74, 6) is -3.34. The molecule has 1 amide bonds. The van der Waals surface area contributed by atoms with Gasteiger partial charge in [0.1, 0.15) is 5.82 Å². The van der Waals surface area contributed by atoms with Crippen LogP contribution in [0.25, 0.3) is 11.1 Å². The first kappa shape index (κ1) is 24.7. The van der Waals surface area contributed by atoms with Crippen LogP contribution < -0.4 is 20.9 Å². The molecule has 0 aliphatic carbocycles. The van der Waals surface area contributed by atoms with E-state index in [4.69, 9.17) is 5.73 Å². The largest absolute Gasteiger partial charge is 0.349 e. The highest BCUT2D eigenvalue weighted by Crippen LogP contribution is 2.39. The van der Waals surface area contributed by atoms with E-state index in [0.717, 1.165) is 0 Å². The molecule has 0 bridgehead atoms. The molecule has 184 valence electrons. The number of pyridine rings is 1. The lowest BCUT2D eigenvalue weighted by Crippen LogP contribution is -2.56. The van der Waals surface area contributed by atoms with Crippen molar-refractivity contribution in [2.24, 2.45) is 5.73 Å². The van der Waals surface area contributed by atoms with Gasteiger partial charge in [-0.1, -0.05) is 18.2 Å². The normalized spacial score (nSPS) is 17.0. The summed E-state index contributed by atoms with van der Waals surface area (Å²) in [5.41, 5.74) is 6.64. The van der Waals surface area contributed by atoms with E-state index in [9.17, 15) is 18.0 Å². The number of benzene rings is 1. The van der Waals surface area contributed by atoms with Gasteiger partial charge in [-0.3, -0.25) is 4.79 Å². The van der Waals surface area contributed by atoms with Gasteiger partial charge >= 0.3 is 0 Å². The first-order chi connectivity index (χ1) is 16.3. The summed E-state index contributed by atoms with van der Waals surface area (Å²) in [6.07, 6.45) is 3.84. The molecule has 0 saturated carbocycles. The molecule has 2 fully saturated rings. The molecule has 2 saturated heterocycles. The zero-order chi connectivity index (χ0) is 23.9. The average molecular weight is 506 g/mol. The Bertz CT molecular complexity index is 1220. The van der Waals surface area contributed by atoms with Crippen LogP contribution in [0.5, 0.6) is 0 Å². The molecule has 0 atom stereocenters. The van der Waals surface area contributed by atoms with Crippen LogP contribution in [-0.2, 0) is 0 Å². The SMILES string of the molecule is Cl.NC1CN(c2ncc(C(=O)Nc3c(-c4ccccc4F)ccnc3N3CCC(F)(F)C3)cn2)C1. The van der Waals surface area contributed by atoms with Gasteiger partial charge in [-0.05, 0) is 12.1 Å². The zero-order valence-electron chi connectivity index (χ0n) is 18.5. The second kappa shape index (κ2) is 9.67.